The first-order valence-electron chi connectivity index (χ1n) is 11.0. The van der Waals surface area contributed by atoms with E-state index in [2.05, 4.69) is 47.2 Å². The third kappa shape index (κ3) is 5.23. The van der Waals surface area contributed by atoms with Gasteiger partial charge in [0.1, 0.15) is 0 Å². The highest BCUT2D eigenvalue weighted by atomic mass is 19.2. The molecule has 0 N–H and O–H groups in total. The minimum absolute atomic E-state index is 0.0958. The highest BCUT2D eigenvalue weighted by molar-refractivity contribution is 5.65. The molecule has 0 radical (unpaired) electrons. The zero-order valence-electron chi connectivity index (χ0n) is 18.6. The van der Waals surface area contributed by atoms with Crippen LogP contribution in [-0.4, -0.2) is 0 Å². The molecule has 0 saturated carbocycles. The Morgan fingerprint density at radius 2 is 1.61 bits per heavy atom. The Labute approximate surface area is 191 Å². The second-order valence-corrected chi connectivity index (χ2v) is 8.01. The quantitative estimate of drug-likeness (QED) is 0.215. The van der Waals surface area contributed by atoms with E-state index < -0.39 is 17.5 Å². The highest BCUT2D eigenvalue weighted by Gasteiger charge is 2.12. The van der Waals surface area contributed by atoms with Crippen molar-refractivity contribution in [1.82, 2.24) is 0 Å². The van der Waals surface area contributed by atoms with Crippen molar-refractivity contribution in [2.24, 2.45) is 10.2 Å². The Morgan fingerprint density at radius 1 is 0.848 bits per heavy atom. The minimum atomic E-state index is -1.52. The Balaban J connectivity index is 1.53. The van der Waals surface area contributed by atoms with Gasteiger partial charge in [0, 0.05) is 23.3 Å². The number of allylic oxidation sites excluding steroid dienone is 1. The summed E-state index contributed by atoms with van der Waals surface area (Å²) in [4.78, 5) is 0. The van der Waals surface area contributed by atoms with Crippen LogP contribution >= 0.6 is 0 Å². The van der Waals surface area contributed by atoms with Crippen molar-refractivity contribution in [2.75, 3.05) is 0 Å². The first kappa shape index (κ1) is 22.5. The molecular formula is C28H23F3N2. The summed E-state index contributed by atoms with van der Waals surface area (Å²) in [6, 6.07) is 13.4. The molecular weight excluding hydrogens is 421 g/mol. The number of halogens is 3. The monoisotopic (exact) mass is 444 g/mol. The van der Waals surface area contributed by atoms with E-state index in [1.807, 2.05) is 25.1 Å². The molecule has 0 aliphatic heterocycles. The zero-order valence-corrected chi connectivity index (χ0v) is 18.6. The SMILES string of the molecule is CCCC1=Cc2ccc(C#Cc3ccc(N=Nc4cc(F)c(F)c(F)c4)cc3CC)cc2C1. The predicted molar refractivity (Wildman–Crippen MR) is 125 cm³/mol. The summed E-state index contributed by atoms with van der Waals surface area (Å²) in [7, 11) is 0. The zero-order chi connectivity index (χ0) is 23.4. The van der Waals surface area contributed by atoms with Crippen LogP contribution in [0, 0.1) is 29.3 Å². The molecule has 0 saturated heterocycles. The molecule has 0 atom stereocenters. The maximum absolute atomic E-state index is 13.4. The number of fused-ring (bicyclic) bond motifs is 1. The molecule has 0 unspecified atom stereocenters. The first-order chi connectivity index (χ1) is 16.0. The van der Waals surface area contributed by atoms with Gasteiger partial charge in [-0.3, -0.25) is 0 Å². The van der Waals surface area contributed by atoms with Crippen LogP contribution in [0.15, 0.2) is 64.3 Å². The van der Waals surface area contributed by atoms with Crippen molar-refractivity contribution in [1.29, 1.82) is 0 Å². The third-order valence-electron chi connectivity index (χ3n) is 5.55. The summed E-state index contributed by atoms with van der Waals surface area (Å²) in [6.45, 7) is 4.21. The molecule has 1 aliphatic carbocycles. The van der Waals surface area contributed by atoms with Crippen LogP contribution < -0.4 is 0 Å². The minimum Gasteiger partial charge on any atom is -0.204 e. The Hall–Kier alpha value is -3.65. The summed E-state index contributed by atoms with van der Waals surface area (Å²) in [6.07, 6.45) is 6.30. The van der Waals surface area contributed by atoms with E-state index in [1.54, 1.807) is 6.07 Å². The number of rotatable bonds is 5. The van der Waals surface area contributed by atoms with Crippen LogP contribution in [-0.2, 0) is 12.8 Å². The maximum Gasteiger partial charge on any atom is 0.194 e. The lowest BCUT2D eigenvalue weighted by Gasteiger charge is -2.03. The standard InChI is InChI=1S/C28H23F3N2/c1-3-5-19-13-22-9-7-18(12-23(22)14-19)6-8-21-10-11-24(15-20(21)4-2)32-33-25-16-26(29)28(31)27(30)17-25/h7,9-13,15-17H,3-5,14H2,1-2H3. The summed E-state index contributed by atoms with van der Waals surface area (Å²) in [5.41, 5.74) is 7.37. The molecule has 0 bridgehead atoms. The number of hydrogen-bond donors (Lipinski definition) is 0. The van der Waals surface area contributed by atoms with Crippen molar-refractivity contribution in [3.05, 3.63) is 99.4 Å². The molecule has 166 valence electrons. The molecule has 2 nitrogen and oxygen atoms in total. The fraction of sp³-hybridized carbons (Fsp3) is 0.214. The lowest BCUT2D eigenvalue weighted by molar-refractivity contribution is 0.447. The Morgan fingerprint density at radius 3 is 2.33 bits per heavy atom. The summed E-state index contributed by atoms with van der Waals surface area (Å²) in [5.74, 6) is 2.39. The van der Waals surface area contributed by atoms with E-state index in [9.17, 15) is 13.2 Å². The predicted octanol–water partition coefficient (Wildman–Crippen LogP) is 8.22. The lowest BCUT2D eigenvalue weighted by Crippen LogP contribution is -1.89. The second kappa shape index (κ2) is 9.87. The van der Waals surface area contributed by atoms with Gasteiger partial charge >= 0.3 is 0 Å². The van der Waals surface area contributed by atoms with Gasteiger partial charge in [0.15, 0.2) is 17.5 Å². The van der Waals surface area contributed by atoms with Gasteiger partial charge in [0.25, 0.3) is 0 Å². The van der Waals surface area contributed by atoms with Crippen LogP contribution in [0.3, 0.4) is 0 Å². The van der Waals surface area contributed by atoms with E-state index in [1.165, 1.54) is 16.7 Å². The van der Waals surface area contributed by atoms with Gasteiger partial charge < -0.3 is 0 Å². The van der Waals surface area contributed by atoms with Gasteiger partial charge in [0.05, 0.1) is 11.4 Å². The first-order valence-corrected chi connectivity index (χ1v) is 11.0. The van der Waals surface area contributed by atoms with E-state index >= 15 is 0 Å². The molecule has 3 aromatic rings. The number of nitrogens with zero attached hydrogens (tertiary/aromatic N) is 2. The van der Waals surface area contributed by atoms with Gasteiger partial charge in [-0.2, -0.15) is 10.2 Å². The van der Waals surface area contributed by atoms with Crippen LogP contribution in [0.25, 0.3) is 6.08 Å². The smallest absolute Gasteiger partial charge is 0.194 e. The van der Waals surface area contributed by atoms with Crippen LogP contribution in [0.2, 0.25) is 0 Å². The van der Waals surface area contributed by atoms with Crippen molar-refractivity contribution >= 4 is 17.5 Å². The van der Waals surface area contributed by atoms with E-state index in [0.717, 1.165) is 54.5 Å². The molecule has 5 heteroatoms. The number of hydrogen-bond acceptors (Lipinski definition) is 2. The molecule has 0 heterocycles. The van der Waals surface area contributed by atoms with Gasteiger partial charge in [-0.05, 0) is 66.3 Å². The average molecular weight is 445 g/mol. The number of aryl methyl sites for hydroxylation is 1. The topological polar surface area (TPSA) is 24.7 Å². The molecule has 1 aliphatic rings. The largest absolute Gasteiger partial charge is 0.204 e. The second-order valence-electron chi connectivity index (χ2n) is 8.01. The Kier molecular flexibility index (Phi) is 6.74. The summed E-state index contributed by atoms with van der Waals surface area (Å²) in [5, 5.41) is 7.86. The van der Waals surface area contributed by atoms with E-state index in [0.29, 0.717) is 5.69 Å². The van der Waals surface area contributed by atoms with Gasteiger partial charge in [-0.15, -0.1) is 0 Å². The molecule has 0 spiro atoms. The van der Waals surface area contributed by atoms with Crippen molar-refractivity contribution in [2.45, 2.75) is 39.5 Å². The van der Waals surface area contributed by atoms with E-state index in [4.69, 9.17) is 0 Å². The van der Waals surface area contributed by atoms with Crippen molar-refractivity contribution in [3.63, 3.8) is 0 Å². The normalized spacial score (nSPS) is 12.5. The molecule has 4 rings (SSSR count). The summed E-state index contributed by atoms with van der Waals surface area (Å²) >= 11 is 0. The Bertz CT molecular complexity index is 1300. The fourth-order valence-corrected chi connectivity index (χ4v) is 3.89. The highest BCUT2D eigenvalue weighted by Crippen LogP contribution is 2.28. The summed E-state index contributed by atoms with van der Waals surface area (Å²) < 4.78 is 39.8. The molecule has 33 heavy (non-hydrogen) atoms. The fourth-order valence-electron chi connectivity index (χ4n) is 3.89. The average Bonchev–Trinajstić information content (AvgIpc) is 3.21. The van der Waals surface area contributed by atoms with Gasteiger partial charge in [0.2, 0.25) is 0 Å². The molecule has 0 fully saturated rings. The number of benzene rings is 3. The molecule has 3 aromatic carbocycles. The third-order valence-corrected chi connectivity index (χ3v) is 5.55. The molecule has 0 amide bonds. The van der Waals surface area contributed by atoms with Gasteiger partial charge in [-0.1, -0.05) is 49.8 Å². The van der Waals surface area contributed by atoms with Crippen molar-refractivity contribution in [3.8, 4) is 11.8 Å². The molecule has 0 aromatic heterocycles. The van der Waals surface area contributed by atoms with Crippen molar-refractivity contribution < 1.29 is 13.2 Å². The van der Waals surface area contributed by atoms with Crippen LogP contribution in [0.1, 0.15) is 54.5 Å². The van der Waals surface area contributed by atoms with Crippen LogP contribution in [0.5, 0.6) is 0 Å². The maximum atomic E-state index is 13.4. The van der Waals surface area contributed by atoms with Crippen LogP contribution in [0.4, 0.5) is 24.5 Å². The van der Waals surface area contributed by atoms with Gasteiger partial charge in [-0.25, -0.2) is 13.2 Å². The van der Waals surface area contributed by atoms with E-state index in [-0.39, 0.29) is 5.69 Å². The number of azo groups is 1. The lowest BCUT2D eigenvalue weighted by atomic mass is 10.0.